The van der Waals surface area contributed by atoms with Crippen LogP contribution in [-0.4, -0.2) is 32.7 Å². The van der Waals surface area contributed by atoms with E-state index in [9.17, 15) is 0 Å². The monoisotopic (exact) mass is 375 g/mol. The zero-order valence-electron chi connectivity index (χ0n) is 13.8. The predicted octanol–water partition coefficient (Wildman–Crippen LogP) is 4.24. The van der Waals surface area contributed by atoms with Crippen LogP contribution in [0.3, 0.4) is 0 Å². The molecule has 0 aliphatic carbocycles. The number of benzene rings is 2. The van der Waals surface area contributed by atoms with Gasteiger partial charge in [-0.15, -0.1) is 0 Å². The van der Waals surface area contributed by atoms with E-state index in [1.807, 2.05) is 6.07 Å². The normalized spacial score (nSPS) is 17.7. The zero-order chi connectivity index (χ0) is 16.4. The first-order valence-electron chi connectivity index (χ1n) is 7.82. The molecule has 0 aromatic heterocycles. The van der Waals surface area contributed by atoms with Gasteiger partial charge in [0.15, 0.2) is 11.5 Å². The second kappa shape index (κ2) is 6.93. The van der Waals surface area contributed by atoms with E-state index >= 15 is 0 Å². The molecule has 23 heavy (non-hydrogen) atoms. The maximum Gasteiger partial charge on any atom is 0.160 e. The second-order valence-electron chi connectivity index (χ2n) is 5.95. The third-order valence-corrected chi connectivity index (χ3v) is 5.31. The van der Waals surface area contributed by atoms with Crippen molar-refractivity contribution in [3.8, 4) is 11.5 Å². The first-order chi connectivity index (χ1) is 11.1. The Hall–Kier alpha value is -1.52. The minimum atomic E-state index is 0.368. The molecule has 0 N–H and O–H groups in total. The maximum atomic E-state index is 5.44. The van der Waals surface area contributed by atoms with Crippen LogP contribution in [0.25, 0.3) is 0 Å². The summed E-state index contributed by atoms with van der Waals surface area (Å²) < 4.78 is 12.0. The smallest absolute Gasteiger partial charge is 0.160 e. The predicted molar refractivity (Wildman–Crippen MR) is 96.5 cm³/mol. The van der Waals surface area contributed by atoms with E-state index in [-0.39, 0.29) is 0 Å². The number of hydrogen-bond acceptors (Lipinski definition) is 3. The number of hydrogen-bond donors (Lipinski definition) is 0. The molecule has 0 bridgehead atoms. The fourth-order valence-corrected chi connectivity index (χ4v) is 4.01. The second-order valence-corrected chi connectivity index (χ2v) is 6.81. The molecule has 3 nitrogen and oxygen atoms in total. The minimum absolute atomic E-state index is 0.368. The highest BCUT2D eigenvalue weighted by atomic mass is 79.9. The van der Waals surface area contributed by atoms with Gasteiger partial charge < -0.3 is 9.47 Å². The number of nitrogens with zero attached hydrogens (tertiary/aromatic N) is 1. The van der Waals surface area contributed by atoms with Gasteiger partial charge in [0, 0.05) is 17.1 Å². The number of halogens is 1. The largest absolute Gasteiger partial charge is 0.493 e. The van der Waals surface area contributed by atoms with E-state index in [2.05, 4.69) is 58.2 Å². The topological polar surface area (TPSA) is 21.7 Å². The summed E-state index contributed by atoms with van der Waals surface area (Å²) in [4.78, 5) is 2.43. The molecule has 1 heterocycles. The van der Waals surface area contributed by atoms with Crippen LogP contribution in [-0.2, 0) is 12.8 Å². The lowest BCUT2D eigenvalue weighted by Gasteiger charge is -2.35. The molecule has 2 aromatic carbocycles. The standard InChI is InChI=1S/C19H22BrNO2/c1-21-10-9-14-5-4-6-15(20)19(14)16(21)11-13-7-8-17(22-2)18(12-13)23-3/h4-8,12,16H,9-11H2,1-3H3. The average Bonchev–Trinajstić information content (AvgIpc) is 2.57. The van der Waals surface area contributed by atoms with Crippen LogP contribution in [0, 0.1) is 0 Å². The molecule has 2 aromatic rings. The van der Waals surface area contributed by atoms with Crippen molar-refractivity contribution in [3.63, 3.8) is 0 Å². The molecule has 0 fully saturated rings. The minimum Gasteiger partial charge on any atom is -0.493 e. The van der Waals surface area contributed by atoms with Gasteiger partial charge in [0.2, 0.25) is 0 Å². The quantitative estimate of drug-likeness (QED) is 0.797. The van der Waals surface area contributed by atoms with E-state index in [1.54, 1.807) is 14.2 Å². The Labute approximate surface area is 146 Å². The van der Waals surface area contributed by atoms with Crippen molar-refractivity contribution in [2.45, 2.75) is 18.9 Å². The van der Waals surface area contributed by atoms with Gasteiger partial charge in [-0.3, -0.25) is 4.90 Å². The third kappa shape index (κ3) is 3.24. The van der Waals surface area contributed by atoms with E-state index < -0.39 is 0 Å². The van der Waals surface area contributed by atoms with Crippen molar-refractivity contribution in [2.75, 3.05) is 27.8 Å². The number of methoxy groups -OCH3 is 2. The molecule has 1 unspecified atom stereocenters. The Kier molecular flexibility index (Phi) is 4.93. The lowest BCUT2D eigenvalue weighted by molar-refractivity contribution is 0.228. The van der Waals surface area contributed by atoms with E-state index in [0.717, 1.165) is 30.9 Å². The molecule has 0 spiro atoms. The first-order valence-corrected chi connectivity index (χ1v) is 8.61. The van der Waals surface area contributed by atoms with Crippen molar-refractivity contribution in [2.24, 2.45) is 0 Å². The Morgan fingerprint density at radius 2 is 1.91 bits per heavy atom. The molecule has 1 aliphatic rings. The Morgan fingerprint density at radius 3 is 2.65 bits per heavy atom. The third-order valence-electron chi connectivity index (χ3n) is 4.62. The molecule has 122 valence electrons. The van der Waals surface area contributed by atoms with Crippen molar-refractivity contribution >= 4 is 15.9 Å². The lowest BCUT2D eigenvalue weighted by Crippen LogP contribution is -2.33. The summed E-state index contributed by atoms with van der Waals surface area (Å²) in [5.41, 5.74) is 4.11. The Bertz CT molecular complexity index is 702. The first kappa shape index (κ1) is 16.3. The molecular formula is C19H22BrNO2. The van der Waals surface area contributed by atoms with Crippen LogP contribution in [0.2, 0.25) is 0 Å². The van der Waals surface area contributed by atoms with Crippen LogP contribution in [0.15, 0.2) is 40.9 Å². The fraction of sp³-hybridized carbons (Fsp3) is 0.368. The summed E-state index contributed by atoms with van der Waals surface area (Å²) in [5, 5.41) is 0. The van der Waals surface area contributed by atoms with Crippen LogP contribution < -0.4 is 9.47 Å². The Balaban J connectivity index is 1.94. The van der Waals surface area contributed by atoms with Gasteiger partial charge in [-0.25, -0.2) is 0 Å². The molecule has 0 radical (unpaired) electrons. The number of ether oxygens (including phenoxy) is 2. The fourth-order valence-electron chi connectivity index (χ4n) is 3.33. The zero-order valence-corrected chi connectivity index (χ0v) is 15.4. The van der Waals surface area contributed by atoms with Crippen LogP contribution in [0.4, 0.5) is 0 Å². The van der Waals surface area contributed by atoms with Gasteiger partial charge in [0.25, 0.3) is 0 Å². The summed E-state index contributed by atoms with van der Waals surface area (Å²) in [6.07, 6.45) is 2.06. The average molecular weight is 376 g/mol. The van der Waals surface area contributed by atoms with E-state index in [0.29, 0.717) is 6.04 Å². The highest BCUT2D eigenvalue weighted by Crippen LogP contribution is 2.37. The summed E-state index contributed by atoms with van der Waals surface area (Å²) >= 11 is 3.74. The highest BCUT2D eigenvalue weighted by Gasteiger charge is 2.27. The molecule has 4 heteroatoms. The molecule has 0 saturated heterocycles. The van der Waals surface area contributed by atoms with Crippen molar-refractivity contribution in [1.29, 1.82) is 0 Å². The van der Waals surface area contributed by atoms with Gasteiger partial charge >= 0.3 is 0 Å². The van der Waals surface area contributed by atoms with E-state index in [1.165, 1.54) is 21.2 Å². The van der Waals surface area contributed by atoms with Gasteiger partial charge in [-0.1, -0.05) is 34.1 Å². The van der Waals surface area contributed by atoms with Crippen molar-refractivity contribution < 1.29 is 9.47 Å². The van der Waals surface area contributed by atoms with Crippen LogP contribution >= 0.6 is 15.9 Å². The molecule has 0 saturated carbocycles. The number of rotatable bonds is 4. The number of likely N-dealkylation sites (N-methyl/N-ethyl adjacent to an activating group) is 1. The molecule has 1 atom stereocenters. The summed E-state index contributed by atoms with van der Waals surface area (Å²) in [6, 6.07) is 13.1. The van der Waals surface area contributed by atoms with Gasteiger partial charge in [0.05, 0.1) is 14.2 Å². The summed E-state index contributed by atoms with van der Waals surface area (Å²) in [7, 11) is 5.55. The molecule has 3 rings (SSSR count). The van der Waals surface area contributed by atoms with Crippen molar-refractivity contribution in [1.82, 2.24) is 4.90 Å². The van der Waals surface area contributed by atoms with Crippen LogP contribution in [0.1, 0.15) is 22.7 Å². The van der Waals surface area contributed by atoms with Crippen LogP contribution in [0.5, 0.6) is 11.5 Å². The Morgan fingerprint density at radius 1 is 1.13 bits per heavy atom. The van der Waals surface area contributed by atoms with Crippen molar-refractivity contribution in [3.05, 3.63) is 57.6 Å². The summed E-state index contributed by atoms with van der Waals surface area (Å²) in [6.45, 7) is 1.08. The van der Waals surface area contributed by atoms with E-state index in [4.69, 9.17) is 9.47 Å². The SMILES string of the molecule is COc1ccc(CC2c3c(Br)cccc3CCN2C)cc1OC. The molecule has 1 aliphatic heterocycles. The van der Waals surface area contributed by atoms with Gasteiger partial charge in [0.1, 0.15) is 0 Å². The summed E-state index contributed by atoms with van der Waals surface area (Å²) in [5.74, 6) is 1.56. The molecular weight excluding hydrogens is 354 g/mol. The maximum absolute atomic E-state index is 5.44. The molecule has 0 amide bonds. The van der Waals surface area contributed by atoms with Gasteiger partial charge in [-0.2, -0.15) is 0 Å². The van der Waals surface area contributed by atoms with Gasteiger partial charge in [-0.05, 0) is 54.8 Å². The lowest BCUT2D eigenvalue weighted by atomic mass is 9.89. The highest BCUT2D eigenvalue weighted by molar-refractivity contribution is 9.10. The number of fused-ring (bicyclic) bond motifs is 1.